The molecule has 29 heavy (non-hydrogen) atoms. The minimum Gasteiger partial charge on any atom is -0.322 e. The summed E-state index contributed by atoms with van der Waals surface area (Å²) in [7, 11) is -3.56. The van der Waals surface area contributed by atoms with E-state index in [1.165, 1.54) is 46.8 Å². The van der Waals surface area contributed by atoms with Crippen LogP contribution in [0.2, 0.25) is 0 Å². The minimum atomic E-state index is -3.56. The molecule has 1 amide bonds. The fraction of sp³-hybridized carbons (Fsp3) is 0.316. The second-order valence-electron chi connectivity index (χ2n) is 6.99. The Hall–Kier alpha value is -2.30. The van der Waals surface area contributed by atoms with Gasteiger partial charge in [0, 0.05) is 30.4 Å². The number of carbonyl (C=O) groups is 1. The summed E-state index contributed by atoms with van der Waals surface area (Å²) in [5.74, 6) is -0.00491. The summed E-state index contributed by atoms with van der Waals surface area (Å²) in [6.45, 7) is 3.12. The van der Waals surface area contributed by atoms with Gasteiger partial charge in [-0.1, -0.05) is 6.92 Å². The monoisotopic (exact) mass is 481 g/mol. The minimum absolute atomic E-state index is 0.124. The number of nitro groups is 1. The van der Waals surface area contributed by atoms with Crippen molar-refractivity contribution in [3.8, 4) is 0 Å². The molecule has 0 aliphatic carbocycles. The lowest BCUT2D eigenvalue weighted by atomic mass is 10.0. The van der Waals surface area contributed by atoms with Crippen molar-refractivity contribution in [2.75, 3.05) is 18.4 Å². The van der Waals surface area contributed by atoms with E-state index in [-0.39, 0.29) is 20.6 Å². The molecule has 1 N–H and O–H groups in total. The van der Waals surface area contributed by atoms with Crippen LogP contribution in [-0.4, -0.2) is 36.6 Å². The smallest absolute Gasteiger partial charge is 0.284 e. The Kier molecular flexibility index (Phi) is 6.35. The van der Waals surface area contributed by atoms with Gasteiger partial charge in [0.1, 0.15) is 0 Å². The molecule has 3 rings (SSSR count). The Morgan fingerprint density at radius 1 is 1.17 bits per heavy atom. The SMILES string of the molecule is CC1CCN(S(=O)(=O)c2ccc(NC(=O)c3ccc(Br)c([N+](=O)[O-])c3)cc2)CC1. The van der Waals surface area contributed by atoms with E-state index in [9.17, 15) is 23.3 Å². The van der Waals surface area contributed by atoms with Crippen molar-refractivity contribution in [2.45, 2.75) is 24.7 Å². The van der Waals surface area contributed by atoms with E-state index in [4.69, 9.17) is 0 Å². The number of hydrogen-bond acceptors (Lipinski definition) is 5. The van der Waals surface area contributed by atoms with Crippen LogP contribution >= 0.6 is 15.9 Å². The quantitative estimate of drug-likeness (QED) is 0.511. The van der Waals surface area contributed by atoms with Crippen molar-refractivity contribution in [2.24, 2.45) is 5.92 Å². The number of anilines is 1. The molecule has 8 nitrogen and oxygen atoms in total. The maximum absolute atomic E-state index is 12.8. The van der Waals surface area contributed by atoms with Crippen LogP contribution in [0.3, 0.4) is 0 Å². The van der Waals surface area contributed by atoms with Crippen molar-refractivity contribution in [3.05, 3.63) is 62.6 Å². The predicted molar refractivity (Wildman–Crippen MR) is 112 cm³/mol. The van der Waals surface area contributed by atoms with Crippen molar-refractivity contribution in [1.82, 2.24) is 4.31 Å². The summed E-state index contributed by atoms with van der Waals surface area (Å²) < 4.78 is 27.3. The molecule has 0 atom stereocenters. The van der Waals surface area contributed by atoms with Gasteiger partial charge in [0.15, 0.2) is 0 Å². The highest BCUT2D eigenvalue weighted by atomic mass is 79.9. The largest absolute Gasteiger partial charge is 0.322 e. The van der Waals surface area contributed by atoms with E-state index >= 15 is 0 Å². The maximum atomic E-state index is 12.8. The molecule has 1 heterocycles. The van der Waals surface area contributed by atoms with E-state index in [2.05, 4.69) is 28.2 Å². The number of piperidine rings is 1. The van der Waals surface area contributed by atoms with Gasteiger partial charge in [-0.25, -0.2) is 8.42 Å². The average molecular weight is 482 g/mol. The predicted octanol–water partition coefficient (Wildman–Crippen LogP) is 4.03. The lowest BCUT2D eigenvalue weighted by Gasteiger charge is -2.29. The number of rotatable bonds is 5. The van der Waals surface area contributed by atoms with Crippen LogP contribution in [0.4, 0.5) is 11.4 Å². The fourth-order valence-electron chi connectivity index (χ4n) is 3.08. The first-order valence-corrected chi connectivity index (χ1v) is 11.3. The highest BCUT2D eigenvalue weighted by Crippen LogP contribution is 2.27. The zero-order valence-corrected chi connectivity index (χ0v) is 18.1. The molecular formula is C19H20BrN3O5S. The summed E-state index contributed by atoms with van der Waals surface area (Å²) in [6.07, 6.45) is 1.68. The Morgan fingerprint density at radius 3 is 2.38 bits per heavy atom. The third-order valence-corrected chi connectivity index (χ3v) is 7.48. The van der Waals surface area contributed by atoms with Crippen LogP contribution in [0.25, 0.3) is 0 Å². The molecule has 1 aliphatic heterocycles. The Balaban J connectivity index is 1.73. The Bertz CT molecular complexity index is 1030. The zero-order chi connectivity index (χ0) is 21.2. The van der Waals surface area contributed by atoms with Gasteiger partial charge in [-0.3, -0.25) is 14.9 Å². The molecule has 0 radical (unpaired) electrons. The van der Waals surface area contributed by atoms with Crippen LogP contribution in [0.15, 0.2) is 51.8 Å². The number of halogens is 1. The Morgan fingerprint density at radius 2 is 1.79 bits per heavy atom. The first kappa shape index (κ1) is 21.4. The number of benzene rings is 2. The maximum Gasteiger partial charge on any atom is 0.284 e. The fourth-order valence-corrected chi connectivity index (χ4v) is 4.94. The summed E-state index contributed by atoms with van der Waals surface area (Å²) in [5, 5.41) is 13.6. The molecule has 1 aliphatic rings. The summed E-state index contributed by atoms with van der Waals surface area (Å²) >= 11 is 3.08. The number of nitro benzene ring substituents is 1. The van der Waals surface area contributed by atoms with Crippen molar-refractivity contribution >= 4 is 43.2 Å². The van der Waals surface area contributed by atoms with Crippen molar-refractivity contribution in [1.29, 1.82) is 0 Å². The highest BCUT2D eigenvalue weighted by Gasteiger charge is 2.28. The van der Waals surface area contributed by atoms with Gasteiger partial charge in [-0.05, 0) is 71.1 Å². The van der Waals surface area contributed by atoms with E-state index in [1.807, 2.05) is 0 Å². The number of carbonyl (C=O) groups excluding carboxylic acids is 1. The van der Waals surface area contributed by atoms with Crippen molar-refractivity contribution in [3.63, 3.8) is 0 Å². The second-order valence-corrected chi connectivity index (χ2v) is 9.78. The van der Waals surface area contributed by atoms with Gasteiger partial charge in [0.05, 0.1) is 14.3 Å². The zero-order valence-electron chi connectivity index (χ0n) is 15.7. The van der Waals surface area contributed by atoms with Gasteiger partial charge >= 0.3 is 0 Å². The van der Waals surface area contributed by atoms with E-state index in [1.54, 1.807) is 0 Å². The third-order valence-electron chi connectivity index (χ3n) is 4.90. The topological polar surface area (TPSA) is 110 Å². The van der Waals surface area contributed by atoms with Gasteiger partial charge in [-0.2, -0.15) is 4.31 Å². The lowest BCUT2D eigenvalue weighted by molar-refractivity contribution is -0.385. The molecule has 1 saturated heterocycles. The number of sulfonamides is 1. The molecule has 154 valence electrons. The number of nitrogens with zero attached hydrogens (tertiary/aromatic N) is 2. The number of nitrogens with one attached hydrogen (secondary N) is 1. The van der Waals surface area contributed by atoms with E-state index in [0.717, 1.165) is 12.8 Å². The van der Waals surface area contributed by atoms with E-state index in [0.29, 0.717) is 24.7 Å². The highest BCUT2D eigenvalue weighted by molar-refractivity contribution is 9.10. The Labute approximate surface area is 177 Å². The molecule has 0 bridgehead atoms. The molecule has 0 unspecified atom stereocenters. The van der Waals surface area contributed by atoms with Crippen molar-refractivity contribution < 1.29 is 18.1 Å². The van der Waals surface area contributed by atoms with E-state index < -0.39 is 20.9 Å². The molecular weight excluding hydrogens is 462 g/mol. The summed E-state index contributed by atoms with van der Waals surface area (Å²) in [6, 6.07) is 9.98. The molecule has 2 aromatic carbocycles. The van der Waals surface area contributed by atoms with Crippen LogP contribution in [0.5, 0.6) is 0 Å². The number of amides is 1. The third kappa shape index (κ3) is 4.82. The number of hydrogen-bond donors (Lipinski definition) is 1. The summed E-state index contributed by atoms with van der Waals surface area (Å²) in [5.41, 5.74) is 0.306. The normalized spacial score (nSPS) is 15.8. The second kappa shape index (κ2) is 8.60. The van der Waals surface area contributed by atoms with Crippen LogP contribution < -0.4 is 5.32 Å². The lowest BCUT2D eigenvalue weighted by Crippen LogP contribution is -2.37. The standard InChI is InChI=1S/C19H20BrN3O5S/c1-13-8-10-22(11-9-13)29(27,28)16-5-3-15(4-6-16)21-19(24)14-2-7-17(20)18(12-14)23(25)26/h2-7,12-13H,8-11H2,1H3,(H,21,24). The molecule has 0 spiro atoms. The van der Waals surface area contributed by atoms with Gasteiger partial charge in [0.25, 0.3) is 11.6 Å². The molecule has 0 saturated carbocycles. The average Bonchev–Trinajstić information content (AvgIpc) is 2.69. The van der Waals surface area contributed by atoms with Gasteiger partial charge in [0.2, 0.25) is 10.0 Å². The van der Waals surface area contributed by atoms with Crippen LogP contribution in [0.1, 0.15) is 30.1 Å². The van der Waals surface area contributed by atoms with Crippen LogP contribution in [0, 0.1) is 16.0 Å². The molecule has 0 aromatic heterocycles. The molecule has 2 aromatic rings. The summed E-state index contributed by atoms with van der Waals surface area (Å²) in [4.78, 5) is 23.0. The first-order valence-electron chi connectivity index (χ1n) is 9.04. The molecule has 1 fully saturated rings. The first-order chi connectivity index (χ1) is 13.7. The van der Waals surface area contributed by atoms with Gasteiger partial charge < -0.3 is 5.32 Å². The van der Waals surface area contributed by atoms with Crippen LogP contribution in [-0.2, 0) is 10.0 Å². The van der Waals surface area contributed by atoms with Gasteiger partial charge in [-0.15, -0.1) is 0 Å². The molecule has 10 heteroatoms.